The summed E-state index contributed by atoms with van der Waals surface area (Å²) in [5.41, 5.74) is 1.52. The van der Waals surface area contributed by atoms with Crippen molar-refractivity contribution in [2.45, 2.75) is 38.5 Å². The molecule has 4 rings (SSSR count). The molecule has 32 heavy (non-hydrogen) atoms. The lowest BCUT2D eigenvalue weighted by molar-refractivity contribution is -0.125. The van der Waals surface area contributed by atoms with Crippen LogP contribution < -0.4 is 5.32 Å². The smallest absolute Gasteiger partial charge is 0.259 e. The molecule has 1 N–H and O–H groups in total. The van der Waals surface area contributed by atoms with E-state index in [0.29, 0.717) is 29.0 Å². The van der Waals surface area contributed by atoms with Crippen molar-refractivity contribution in [1.29, 1.82) is 0 Å². The quantitative estimate of drug-likeness (QED) is 0.646. The number of thioether (sulfide) groups is 1. The van der Waals surface area contributed by atoms with Crippen molar-refractivity contribution in [3.8, 4) is 0 Å². The van der Waals surface area contributed by atoms with Crippen LogP contribution in [0.25, 0.3) is 0 Å². The first-order valence-corrected chi connectivity index (χ1v) is 11.5. The number of nitrogens with one attached hydrogen (secondary N) is 1. The second-order valence-electron chi connectivity index (χ2n) is 8.06. The Morgan fingerprint density at radius 2 is 2.00 bits per heavy atom. The molecule has 9 heteroatoms. The van der Waals surface area contributed by atoms with Gasteiger partial charge in [-0.3, -0.25) is 14.6 Å². The highest BCUT2D eigenvalue weighted by Gasteiger charge is 2.42. The van der Waals surface area contributed by atoms with Crippen molar-refractivity contribution in [3.63, 3.8) is 0 Å². The van der Waals surface area contributed by atoms with Crippen LogP contribution in [-0.2, 0) is 9.59 Å². The maximum atomic E-state index is 14.1. The van der Waals surface area contributed by atoms with Crippen molar-refractivity contribution in [2.24, 2.45) is 15.9 Å². The lowest BCUT2D eigenvalue weighted by Gasteiger charge is -2.27. The van der Waals surface area contributed by atoms with Gasteiger partial charge in [-0.15, -0.1) is 0 Å². The average Bonchev–Trinajstić information content (AvgIpc) is 3.06. The van der Waals surface area contributed by atoms with E-state index in [-0.39, 0.29) is 16.6 Å². The van der Waals surface area contributed by atoms with Gasteiger partial charge in [-0.25, -0.2) is 14.3 Å². The Morgan fingerprint density at radius 3 is 2.72 bits per heavy atom. The fourth-order valence-corrected chi connectivity index (χ4v) is 4.59. The van der Waals surface area contributed by atoms with Crippen LogP contribution in [0.3, 0.4) is 0 Å². The number of fused-ring (bicyclic) bond motifs is 3. The van der Waals surface area contributed by atoms with Gasteiger partial charge in [0.2, 0.25) is 5.91 Å². The molecule has 2 heterocycles. The zero-order valence-corrected chi connectivity index (χ0v) is 19.4. The summed E-state index contributed by atoms with van der Waals surface area (Å²) >= 11 is 6.91. The monoisotopic (exact) mass is 472 g/mol. The number of amidine groups is 2. The summed E-state index contributed by atoms with van der Waals surface area (Å²) in [7, 11) is 0. The van der Waals surface area contributed by atoms with Crippen LogP contribution in [0.4, 0.5) is 15.8 Å². The third kappa shape index (κ3) is 4.42. The zero-order chi connectivity index (χ0) is 23.0. The van der Waals surface area contributed by atoms with Gasteiger partial charge in [-0.2, -0.15) is 0 Å². The van der Waals surface area contributed by atoms with Crippen LogP contribution in [0.2, 0.25) is 5.02 Å². The van der Waals surface area contributed by atoms with Gasteiger partial charge in [0, 0.05) is 10.6 Å². The molecule has 2 atom stereocenters. The molecule has 0 fully saturated rings. The molecule has 0 spiro atoms. The van der Waals surface area contributed by atoms with E-state index in [0.717, 1.165) is 23.4 Å². The molecule has 166 valence electrons. The molecule has 0 saturated heterocycles. The Bertz CT molecular complexity index is 1150. The predicted molar refractivity (Wildman–Crippen MR) is 127 cm³/mol. The molecule has 6 nitrogen and oxygen atoms in total. The molecule has 0 aromatic heterocycles. The lowest BCUT2D eigenvalue weighted by atomic mass is 10.0. The van der Waals surface area contributed by atoms with Crippen LogP contribution in [-0.4, -0.2) is 39.0 Å². The molecule has 2 aromatic rings. The second kappa shape index (κ2) is 9.03. The van der Waals surface area contributed by atoms with Crippen LogP contribution in [0.1, 0.15) is 32.8 Å². The summed E-state index contributed by atoms with van der Waals surface area (Å²) in [6.45, 7) is 5.77. The van der Waals surface area contributed by atoms with Crippen LogP contribution in [0.5, 0.6) is 0 Å². The predicted octanol–water partition coefficient (Wildman–Crippen LogP) is 5.24. The lowest BCUT2D eigenvalue weighted by Crippen LogP contribution is -2.42. The number of anilines is 1. The molecular formula is C23H22ClFN4O2S. The van der Waals surface area contributed by atoms with E-state index in [9.17, 15) is 14.0 Å². The number of nitrogens with zero attached hydrogens (tertiary/aromatic N) is 3. The third-order valence-electron chi connectivity index (χ3n) is 5.08. The molecule has 0 bridgehead atoms. The van der Waals surface area contributed by atoms with Crippen molar-refractivity contribution >= 4 is 57.6 Å². The summed E-state index contributed by atoms with van der Waals surface area (Å²) in [5, 5.41) is 2.55. The van der Waals surface area contributed by atoms with Crippen LogP contribution in [0.15, 0.2) is 52.4 Å². The van der Waals surface area contributed by atoms with Gasteiger partial charge in [-0.1, -0.05) is 49.3 Å². The number of benzene rings is 2. The number of carbonyl (C=O) groups is 2. The van der Waals surface area contributed by atoms with E-state index in [2.05, 4.69) is 10.3 Å². The highest BCUT2D eigenvalue weighted by atomic mass is 35.5. The van der Waals surface area contributed by atoms with E-state index in [4.69, 9.17) is 16.6 Å². The maximum Gasteiger partial charge on any atom is 0.259 e. The van der Waals surface area contributed by atoms with Crippen molar-refractivity contribution in [1.82, 2.24) is 4.90 Å². The Labute approximate surface area is 195 Å². The molecule has 2 aromatic carbocycles. The summed E-state index contributed by atoms with van der Waals surface area (Å²) in [4.78, 5) is 36.7. The van der Waals surface area contributed by atoms with Gasteiger partial charge in [0.05, 0.1) is 16.6 Å². The fourth-order valence-electron chi connectivity index (χ4n) is 3.52. The standard InChI is InChI=1S/C23H22ClFN4O2S/c1-12(2)10-19-22(31)29-20(26-19)15-6-4-5-7-17(15)28-23(29)32-13(3)21(30)27-18-9-8-14(24)11-16(18)25/h4-9,11-13,19H,10H2,1-3H3,(H,27,30)/t13-,19-/m1/s1. The zero-order valence-electron chi connectivity index (χ0n) is 17.8. The molecule has 2 amide bonds. The SMILES string of the molecule is CC(C)C[C@H]1N=C2c3ccccc3N=C(S[C@H](C)C(=O)Nc3ccc(Cl)cc3F)N2C1=O. The fraction of sp³-hybridized carbons (Fsp3) is 0.304. The number of aliphatic imine (C=N–C) groups is 2. The first-order valence-electron chi connectivity index (χ1n) is 10.3. The van der Waals surface area contributed by atoms with Gasteiger partial charge in [0.25, 0.3) is 5.91 Å². The normalized spacial score (nSPS) is 18.1. The van der Waals surface area contributed by atoms with Gasteiger partial charge in [-0.05, 0) is 49.6 Å². The second-order valence-corrected chi connectivity index (χ2v) is 9.80. The van der Waals surface area contributed by atoms with E-state index in [1.54, 1.807) is 6.92 Å². The number of amides is 2. The van der Waals surface area contributed by atoms with E-state index in [1.807, 2.05) is 38.1 Å². The van der Waals surface area contributed by atoms with E-state index < -0.39 is 23.0 Å². The maximum absolute atomic E-state index is 14.1. The van der Waals surface area contributed by atoms with Gasteiger partial charge >= 0.3 is 0 Å². The summed E-state index contributed by atoms with van der Waals surface area (Å²) < 4.78 is 14.1. The number of para-hydroxylation sites is 1. The van der Waals surface area contributed by atoms with Crippen molar-refractivity contribution < 1.29 is 14.0 Å². The number of halogens is 2. The van der Waals surface area contributed by atoms with Gasteiger partial charge in [0.15, 0.2) is 5.17 Å². The van der Waals surface area contributed by atoms with E-state index in [1.165, 1.54) is 17.0 Å². The highest BCUT2D eigenvalue weighted by molar-refractivity contribution is 8.15. The van der Waals surface area contributed by atoms with Gasteiger partial charge in [0.1, 0.15) is 17.7 Å². The molecule has 2 aliphatic rings. The Kier molecular flexibility index (Phi) is 6.35. The minimum atomic E-state index is -0.646. The van der Waals surface area contributed by atoms with Crippen LogP contribution in [0, 0.1) is 11.7 Å². The van der Waals surface area contributed by atoms with Crippen LogP contribution >= 0.6 is 23.4 Å². The van der Waals surface area contributed by atoms with Crippen molar-refractivity contribution in [3.05, 3.63) is 58.9 Å². The number of rotatable bonds is 5. The van der Waals surface area contributed by atoms with Crippen molar-refractivity contribution in [2.75, 3.05) is 5.32 Å². The molecular weight excluding hydrogens is 451 g/mol. The Balaban J connectivity index is 1.58. The molecule has 0 radical (unpaired) electrons. The first kappa shape index (κ1) is 22.5. The number of hydrogen-bond donors (Lipinski definition) is 1. The minimum absolute atomic E-state index is 0.0410. The highest BCUT2D eigenvalue weighted by Crippen LogP contribution is 2.35. The summed E-state index contributed by atoms with van der Waals surface area (Å²) in [6.07, 6.45) is 0.630. The number of hydrogen-bond acceptors (Lipinski definition) is 5. The third-order valence-corrected chi connectivity index (χ3v) is 6.37. The Morgan fingerprint density at radius 1 is 1.25 bits per heavy atom. The molecule has 0 unspecified atom stereocenters. The average molecular weight is 473 g/mol. The van der Waals surface area contributed by atoms with E-state index >= 15 is 0 Å². The summed E-state index contributed by atoms with van der Waals surface area (Å²) in [6, 6.07) is 11.0. The molecule has 0 saturated carbocycles. The summed E-state index contributed by atoms with van der Waals surface area (Å²) in [5.74, 6) is -0.317. The molecule has 2 aliphatic heterocycles. The van der Waals surface area contributed by atoms with Gasteiger partial charge < -0.3 is 5.32 Å². The molecule has 0 aliphatic carbocycles. The topological polar surface area (TPSA) is 74.1 Å². The Hall–Kier alpha value is -2.71. The first-order chi connectivity index (χ1) is 15.2. The largest absolute Gasteiger partial charge is 0.323 e. The minimum Gasteiger partial charge on any atom is -0.323 e. The number of carbonyl (C=O) groups excluding carboxylic acids is 2.